The summed E-state index contributed by atoms with van der Waals surface area (Å²) in [5.74, 6) is -2.97. The van der Waals surface area contributed by atoms with Crippen LogP contribution in [0.25, 0.3) is 0 Å². The van der Waals surface area contributed by atoms with Gasteiger partial charge in [-0.3, -0.25) is 15.0 Å². The molecule has 0 saturated heterocycles. The number of hydrogen-bond acceptors (Lipinski definition) is 6. The van der Waals surface area contributed by atoms with Gasteiger partial charge in [0.2, 0.25) is 5.78 Å². The van der Waals surface area contributed by atoms with Gasteiger partial charge >= 0.3 is 5.97 Å². The van der Waals surface area contributed by atoms with Gasteiger partial charge in [-0.2, -0.15) is 5.10 Å². The van der Waals surface area contributed by atoms with Crippen LogP contribution in [0.3, 0.4) is 0 Å². The summed E-state index contributed by atoms with van der Waals surface area (Å²) in [6, 6.07) is 14.6. The Kier molecular flexibility index (Phi) is 6.42. The van der Waals surface area contributed by atoms with E-state index in [0.717, 1.165) is 0 Å². The van der Waals surface area contributed by atoms with Crippen LogP contribution in [-0.4, -0.2) is 29.9 Å². The lowest BCUT2D eigenvalue weighted by molar-refractivity contribution is -0.150. The predicted molar refractivity (Wildman–Crippen MR) is 94.9 cm³/mol. The molecule has 0 aliphatic rings. The van der Waals surface area contributed by atoms with E-state index in [0.29, 0.717) is 10.7 Å². The number of anilines is 1. The molecule has 0 unspecified atom stereocenters. The fourth-order valence-corrected chi connectivity index (χ4v) is 2.00. The van der Waals surface area contributed by atoms with Crippen LogP contribution < -0.4 is 5.43 Å². The SMILES string of the molecule is CCOC(=O)C(=O)/C(=N/Nc1ccccc1)C(=O)c1ccc(Cl)cc1. The van der Waals surface area contributed by atoms with Gasteiger partial charge in [-0.1, -0.05) is 29.8 Å². The van der Waals surface area contributed by atoms with Gasteiger partial charge in [0.25, 0.3) is 5.78 Å². The second-order valence-electron chi connectivity index (χ2n) is 4.82. The highest BCUT2D eigenvalue weighted by Gasteiger charge is 2.29. The molecule has 2 rings (SSSR count). The van der Waals surface area contributed by atoms with Crippen molar-refractivity contribution in [2.75, 3.05) is 12.0 Å². The number of carbonyl (C=O) groups excluding carboxylic acids is 3. The second-order valence-corrected chi connectivity index (χ2v) is 5.26. The highest BCUT2D eigenvalue weighted by molar-refractivity contribution is 6.80. The number of rotatable bonds is 7. The molecule has 2 aromatic carbocycles. The molecule has 0 fully saturated rings. The van der Waals surface area contributed by atoms with Gasteiger partial charge in [0.15, 0.2) is 5.71 Å². The van der Waals surface area contributed by atoms with E-state index >= 15 is 0 Å². The first-order valence-corrected chi connectivity index (χ1v) is 7.81. The molecule has 0 aliphatic heterocycles. The summed E-state index contributed by atoms with van der Waals surface area (Å²) in [5.41, 5.74) is 2.76. The topological polar surface area (TPSA) is 84.8 Å². The summed E-state index contributed by atoms with van der Waals surface area (Å²) in [5, 5.41) is 4.27. The van der Waals surface area contributed by atoms with E-state index in [9.17, 15) is 14.4 Å². The number of carbonyl (C=O) groups is 3. The molecule has 25 heavy (non-hydrogen) atoms. The molecular weight excluding hydrogens is 344 g/mol. The Morgan fingerprint density at radius 1 is 1.04 bits per heavy atom. The van der Waals surface area contributed by atoms with Crippen LogP contribution in [0, 0.1) is 0 Å². The molecule has 0 radical (unpaired) electrons. The molecule has 0 aliphatic carbocycles. The zero-order valence-electron chi connectivity index (χ0n) is 13.4. The number of ketones is 2. The minimum atomic E-state index is -1.14. The van der Waals surface area contributed by atoms with Crippen molar-refractivity contribution in [3.8, 4) is 0 Å². The monoisotopic (exact) mass is 358 g/mol. The van der Waals surface area contributed by atoms with E-state index in [-0.39, 0.29) is 12.2 Å². The maximum atomic E-state index is 12.6. The summed E-state index contributed by atoms with van der Waals surface area (Å²) in [6.07, 6.45) is 0. The number of nitrogens with one attached hydrogen (secondary N) is 1. The highest BCUT2D eigenvalue weighted by atomic mass is 35.5. The van der Waals surface area contributed by atoms with E-state index < -0.39 is 23.2 Å². The number of benzene rings is 2. The maximum Gasteiger partial charge on any atom is 0.381 e. The van der Waals surface area contributed by atoms with Crippen LogP contribution in [-0.2, 0) is 14.3 Å². The molecule has 128 valence electrons. The molecule has 6 nitrogen and oxygen atoms in total. The summed E-state index contributed by atoms with van der Waals surface area (Å²) < 4.78 is 4.67. The van der Waals surface area contributed by atoms with Gasteiger partial charge in [0.1, 0.15) is 0 Å². The van der Waals surface area contributed by atoms with E-state index in [4.69, 9.17) is 11.6 Å². The van der Waals surface area contributed by atoms with Crippen LogP contribution in [0.15, 0.2) is 59.7 Å². The third kappa shape index (κ3) is 4.99. The third-order valence-electron chi connectivity index (χ3n) is 3.07. The lowest BCUT2D eigenvalue weighted by Gasteiger charge is -2.06. The Balaban J connectivity index is 2.33. The number of nitrogens with zero attached hydrogens (tertiary/aromatic N) is 1. The van der Waals surface area contributed by atoms with Gasteiger partial charge in [0.05, 0.1) is 12.3 Å². The van der Waals surface area contributed by atoms with E-state index in [1.165, 1.54) is 24.3 Å². The molecular formula is C18H15ClN2O4. The van der Waals surface area contributed by atoms with E-state index in [1.807, 2.05) is 0 Å². The smallest absolute Gasteiger partial charge is 0.381 e. The van der Waals surface area contributed by atoms with Crippen LogP contribution >= 0.6 is 11.6 Å². The van der Waals surface area contributed by atoms with Crippen molar-refractivity contribution in [2.24, 2.45) is 5.10 Å². The first-order chi connectivity index (χ1) is 12.0. The van der Waals surface area contributed by atoms with Gasteiger partial charge < -0.3 is 4.74 Å². The average molecular weight is 359 g/mol. The van der Waals surface area contributed by atoms with Crippen molar-refractivity contribution < 1.29 is 19.1 Å². The molecule has 0 amide bonds. The molecule has 0 aromatic heterocycles. The molecule has 0 heterocycles. The minimum absolute atomic E-state index is 0.0130. The van der Waals surface area contributed by atoms with Gasteiger partial charge in [-0.05, 0) is 43.3 Å². The van der Waals surface area contributed by atoms with Crippen molar-refractivity contribution >= 4 is 40.5 Å². The fourth-order valence-electron chi connectivity index (χ4n) is 1.87. The van der Waals surface area contributed by atoms with Gasteiger partial charge in [0, 0.05) is 10.6 Å². The van der Waals surface area contributed by atoms with Gasteiger partial charge in [-0.25, -0.2) is 4.79 Å². The zero-order valence-corrected chi connectivity index (χ0v) is 14.1. The Labute approximate surface area is 149 Å². The number of esters is 1. The van der Waals surface area contributed by atoms with Crippen LogP contribution in [0.5, 0.6) is 0 Å². The maximum absolute atomic E-state index is 12.6. The van der Waals surface area contributed by atoms with E-state index in [1.54, 1.807) is 37.3 Å². The lowest BCUT2D eigenvalue weighted by atomic mass is 10.0. The van der Waals surface area contributed by atoms with Crippen LogP contribution in [0.1, 0.15) is 17.3 Å². The normalized spacial score (nSPS) is 10.9. The first-order valence-electron chi connectivity index (χ1n) is 7.43. The largest absolute Gasteiger partial charge is 0.460 e. The van der Waals surface area contributed by atoms with E-state index in [2.05, 4.69) is 15.3 Å². The van der Waals surface area contributed by atoms with Crippen molar-refractivity contribution in [2.45, 2.75) is 6.92 Å². The summed E-state index contributed by atoms with van der Waals surface area (Å²) >= 11 is 5.80. The quantitative estimate of drug-likeness (QED) is 0.205. The number of para-hydroxylation sites is 1. The zero-order chi connectivity index (χ0) is 18.2. The van der Waals surface area contributed by atoms with Crippen LogP contribution in [0.2, 0.25) is 5.02 Å². The first kappa shape index (κ1) is 18.4. The molecule has 7 heteroatoms. The number of Topliss-reactive ketones (excluding diaryl/α,β-unsaturated/α-hetero) is 2. The number of hydrogen-bond donors (Lipinski definition) is 1. The molecule has 0 saturated carbocycles. The fraction of sp³-hybridized carbons (Fsp3) is 0.111. The van der Waals surface area contributed by atoms with Crippen molar-refractivity contribution in [3.05, 3.63) is 65.2 Å². The van der Waals surface area contributed by atoms with Crippen molar-refractivity contribution in [3.63, 3.8) is 0 Å². The summed E-state index contributed by atoms with van der Waals surface area (Å²) in [6.45, 7) is 1.57. The molecule has 0 atom stereocenters. The standard InChI is InChI=1S/C18H15ClN2O4/c1-2-25-18(24)17(23)15(21-20-14-6-4-3-5-7-14)16(22)12-8-10-13(19)11-9-12/h3-11,20H,2H2,1H3/b21-15+. The molecule has 0 bridgehead atoms. The predicted octanol–water partition coefficient (Wildman–Crippen LogP) is 3.12. The highest BCUT2D eigenvalue weighted by Crippen LogP contribution is 2.12. The molecule has 1 N–H and O–H groups in total. The van der Waals surface area contributed by atoms with Crippen LogP contribution in [0.4, 0.5) is 5.69 Å². The molecule has 2 aromatic rings. The Bertz CT molecular complexity index is 802. The number of halogens is 1. The summed E-state index contributed by atoms with van der Waals surface area (Å²) in [4.78, 5) is 36.6. The minimum Gasteiger partial charge on any atom is -0.460 e. The third-order valence-corrected chi connectivity index (χ3v) is 3.32. The Hall–Kier alpha value is -2.99. The Morgan fingerprint density at radius 3 is 2.28 bits per heavy atom. The second kappa shape index (κ2) is 8.75. The number of hydrazone groups is 1. The van der Waals surface area contributed by atoms with Crippen molar-refractivity contribution in [1.82, 2.24) is 0 Å². The van der Waals surface area contributed by atoms with Gasteiger partial charge in [-0.15, -0.1) is 0 Å². The van der Waals surface area contributed by atoms with Crippen molar-refractivity contribution in [1.29, 1.82) is 0 Å². The molecule has 0 spiro atoms. The summed E-state index contributed by atoms with van der Waals surface area (Å²) in [7, 11) is 0. The average Bonchev–Trinajstić information content (AvgIpc) is 2.63. The lowest BCUT2D eigenvalue weighted by Crippen LogP contribution is -2.33. The Morgan fingerprint density at radius 2 is 1.68 bits per heavy atom. The number of ether oxygens (including phenoxy) is 1.